The molecule has 1 aliphatic heterocycles. The van der Waals surface area contributed by atoms with Gasteiger partial charge in [0.1, 0.15) is 0 Å². The molecule has 1 fully saturated rings. The first kappa shape index (κ1) is 13.1. The largest absolute Gasteiger partial charge is 0.478 e. The lowest BCUT2D eigenvalue weighted by atomic mass is 9.99. The predicted octanol–water partition coefficient (Wildman–Crippen LogP) is 1.42. The Morgan fingerprint density at radius 2 is 2.15 bits per heavy atom. The van der Waals surface area contributed by atoms with E-state index in [0.29, 0.717) is 19.1 Å². The number of hydrogen-bond acceptors (Lipinski definition) is 3. The second-order valence-electron chi connectivity index (χ2n) is 5.45. The highest BCUT2D eigenvalue weighted by Gasteiger charge is 2.26. The van der Waals surface area contributed by atoms with Crippen LogP contribution in [0.2, 0.25) is 0 Å². The Balaban J connectivity index is 1.78. The molecule has 0 saturated heterocycles. The van der Waals surface area contributed by atoms with Crippen LogP contribution >= 0.6 is 0 Å². The minimum atomic E-state index is -0.924. The van der Waals surface area contributed by atoms with Gasteiger partial charge in [-0.05, 0) is 49.4 Å². The molecule has 3 rings (SSSR count). The van der Waals surface area contributed by atoms with Crippen LogP contribution in [0.15, 0.2) is 18.2 Å². The highest BCUT2D eigenvalue weighted by atomic mass is 16.4. The number of anilines is 1. The van der Waals surface area contributed by atoms with Gasteiger partial charge in [-0.1, -0.05) is 0 Å². The Kier molecular flexibility index (Phi) is 3.44. The lowest BCUT2D eigenvalue weighted by molar-refractivity contribution is -0.117. The molecule has 5 heteroatoms. The molecule has 2 N–H and O–H groups in total. The van der Waals surface area contributed by atoms with Crippen molar-refractivity contribution in [1.29, 1.82) is 0 Å². The number of carbonyl (C=O) groups excluding carboxylic acids is 1. The molecule has 106 valence electrons. The van der Waals surface area contributed by atoms with Gasteiger partial charge in [0.15, 0.2) is 0 Å². The highest BCUT2D eigenvalue weighted by molar-refractivity contribution is 5.97. The Bertz CT molecular complexity index is 552. The van der Waals surface area contributed by atoms with E-state index in [1.807, 2.05) is 0 Å². The second kappa shape index (κ2) is 5.25. The monoisotopic (exact) mass is 274 g/mol. The van der Waals surface area contributed by atoms with Crippen molar-refractivity contribution in [1.82, 2.24) is 5.32 Å². The summed E-state index contributed by atoms with van der Waals surface area (Å²) in [5.74, 6) is -0.854. The number of amides is 1. The van der Waals surface area contributed by atoms with Gasteiger partial charge in [0.2, 0.25) is 5.91 Å². The summed E-state index contributed by atoms with van der Waals surface area (Å²) >= 11 is 0. The third-order valence-corrected chi connectivity index (χ3v) is 3.87. The van der Waals surface area contributed by atoms with E-state index in [9.17, 15) is 9.59 Å². The summed E-state index contributed by atoms with van der Waals surface area (Å²) in [6.07, 6.45) is 4.03. The lowest BCUT2D eigenvalue weighted by Crippen LogP contribution is -2.41. The van der Waals surface area contributed by atoms with Crippen LogP contribution in [0.1, 0.15) is 35.2 Å². The highest BCUT2D eigenvalue weighted by Crippen LogP contribution is 2.28. The number of rotatable bonds is 4. The van der Waals surface area contributed by atoms with E-state index in [0.717, 1.165) is 36.9 Å². The smallest absolute Gasteiger partial charge is 0.335 e. The van der Waals surface area contributed by atoms with Crippen molar-refractivity contribution in [3.63, 3.8) is 0 Å². The molecular weight excluding hydrogens is 256 g/mol. The molecular formula is C15H18N2O3. The number of fused-ring (bicyclic) bond motifs is 1. The van der Waals surface area contributed by atoms with Crippen molar-refractivity contribution in [3.8, 4) is 0 Å². The van der Waals surface area contributed by atoms with Crippen molar-refractivity contribution in [2.45, 2.75) is 31.7 Å². The molecule has 1 aromatic rings. The molecule has 1 heterocycles. The molecule has 0 bridgehead atoms. The van der Waals surface area contributed by atoms with Crippen molar-refractivity contribution in [2.75, 3.05) is 18.0 Å². The Hall–Kier alpha value is -1.88. The number of carboxylic acids is 1. The van der Waals surface area contributed by atoms with Gasteiger partial charge < -0.3 is 15.3 Å². The van der Waals surface area contributed by atoms with E-state index in [1.165, 1.54) is 0 Å². The zero-order chi connectivity index (χ0) is 14.1. The van der Waals surface area contributed by atoms with Crippen LogP contribution in [0.25, 0.3) is 0 Å². The summed E-state index contributed by atoms with van der Waals surface area (Å²) in [5.41, 5.74) is 2.11. The van der Waals surface area contributed by atoms with Crippen molar-refractivity contribution in [3.05, 3.63) is 29.3 Å². The average molecular weight is 274 g/mol. The van der Waals surface area contributed by atoms with E-state index in [2.05, 4.69) is 5.32 Å². The number of aryl methyl sites for hydroxylation is 1. The first-order chi connectivity index (χ1) is 9.65. The van der Waals surface area contributed by atoms with Crippen LogP contribution < -0.4 is 10.2 Å². The van der Waals surface area contributed by atoms with Crippen LogP contribution in [-0.2, 0) is 11.2 Å². The number of carboxylic acid groups (broad SMARTS) is 1. The number of nitrogens with one attached hydrogen (secondary N) is 1. The van der Waals surface area contributed by atoms with Crippen molar-refractivity contribution in [2.24, 2.45) is 0 Å². The molecule has 1 amide bonds. The summed E-state index contributed by atoms with van der Waals surface area (Å²) in [4.78, 5) is 25.0. The fourth-order valence-corrected chi connectivity index (χ4v) is 2.60. The molecule has 0 spiro atoms. The zero-order valence-corrected chi connectivity index (χ0v) is 11.3. The van der Waals surface area contributed by atoms with E-state index >= 15 is 0 Å². The van der Waals surface area contributed by atoms with Crippen LogP contribution in [0, 0.1) is 0 Å². The van der Waals surface area contributed by atoms with E-state index in [1.54, 1.807) is 23.1 Å². The standard InChI is InChI=1S/C15H18N2O3/c18-14(9-16-12-4-5-12)17-7-1-2-10-8-11(15(19)20)3-6-13(10)17/h3,6,8,12,16H,1-2,4-5,7,9H2,(H,19,20). The summed E-state index contributed by atoms with van der Waals surface area (Å²) in [5, 5.41) is 12.3. The van der Waals surface area contributed by atoms with Gasteiger partial charge in [-0.2, -0.15) is 0 Å². The van der Waals surface area contributed by atoms with Crippen molar-refractivity contribution < 1.29 is 14.7 Å². The number of nitrogens with zero attached hydrogens (tertiary/aromatic N) is 1. The summed E-state index contributed by atoms with van der Waals surface area (Å²) in [7, 11) is 0. The first-order valence-corrected chi connectivity index (χ1v) is 7.05. The van der Waals surface area contributed by atoms with Gasteiger partial charge >= 0.3 is 5.97 Å². The minimum Gasteiger partial charge on any atom is -0.478 e. The molecule has 0 atom stereocenters. The van der Waals surface area contributed by atoms with Crippen molar-refractivity contribution >= 4 is 17.6 Å². The summed E-state index contributed by atoms with van der Waals surface area (Å²) in [6, 6.07) is 5.53. The number of aromatic carboxylic acids is 1. The van der Waals surface area contributed by atoms with Crippen LogP contribution in [0.5, 0.6) is 0 Å². The maximum Gasteiger partial charge on any atom is 0.335 e. The zero-order valence-electron chi connectivity index (χ0n) is 11.3. The summed E-state index contributed by atoms with van der Waals surface area (Å²) in [6.45, 7) is 1.08. The van der Waals surface area contributed by atoms with E-state index < -0.39 is 5.97 Å². The number of carbonyl (C=O) groups is 2. The Morgan fingerprint density at radius 3 is 2.85 bits per heavy atom. The number of benzene rings is 1. The third kappa shape index (κ3) is 2.67. The van der Waals surface area contributed by atoms with Crippen LogP contribution in [-0.4, -0.2) is 36.1 Å². The fraction of sp³-hybridized carbons (Fsp3) is 0.467. The molecule has 1 saturated carbocycles. The summed E-state index contributed by atoms with van der Waals surface area (Å²) < 4.78 is 0. The van der Waals surface area contributed by atoms with Gasteiger partial charge in [-0.25, -0.2) is 4.79 Å². The van der Waals surface area contributed by atoms with Crippen LogP contribution in [0.4, 0.5) is 5.69 Å². The maximum atomic E-state index is 12.3. The molecule has 1 aliphatic carbocycles. The van der Waals surface area contributed by atoms with Gasteiger partial charge in [0, 0.05) is 18.3 Å². The van der Waals surface area contributed by atoms with Gasteiger partial charge in [-0.15, -0.1) is 0 Å². The molecule has 1 aromatic carbocycles. The predicted molar refractivity (Wildman–Crippen MR) is 75.1 cm³/mol. The molecule has 0 radical (unpaired) electrons. The normalized spacial score (nSPS) is 17.7. The first-order valence-electron chi connectivity index (χ1n) is 7.05. The third-order valence-electron chi connectivity index (χ3n) is 3.87. The molecule has 5 nitrogen and oxygen atoms in total. The lowest BCUT2D eigenvalue weighted by Gasteiger charge is -2.30. The molecule has 20 heavy (non-hydrogen) atoms. The van der Waals surface area contributed by atoms with Gasteiger partial charge in [0.05, 0.1) is 12.1 Å². The van der Waals surface area contributed by atoms with Crippen LogP contribution in [0.3, 0.4) is 0 Å². The minimum absolute atomic E-state index is 0.0703. The fourth-order valence-electron chi connectivity index (χ4n) is 2.60. The SMILES string of the molecule is O=C(O)c1ccc2c(c1)CCCN2C(=O)CNC1CC1. The molecule has 0 aromatic heterocycles. The van der Waals surface area contributed by atoms with Gasteiger partial charge in [-0.3, -0.25) is 4.79 Å². The van der Waals surface area contributed by atoms with Gasteiger partial charge in [0.25, 0.3) is 0 Å². The topological polar surface area (TPSA) is 69.6 Å². The molecule has 2 aliphatic rings. The Morgan fingerprint density at radius 1 is 1.35 bits per heavy atom. The van der Waals surface area contributed by atoms with E-state index in [4.69, 9.17) is 5.11 Å². The Labute approximate surface area is 117 Å². The average Bonchev–Trinajstić information content (AvgIpc) is 3.27. The second-order valence-corrected chi connectivity index (χ2v) is 5.45. The molecule has 0 unspecified atom stereocenters. The quantitative estimate of drug-likeness (QED) is 0.871. The maximum absolute atomic E-state index is 12.3. The van der Waals surface area contributed by atoms with E-state index in [-0.39, 0.29) is 11.5 Å². The number of hydrogen-bond donors (Lipinski definition) is 2.